The number of aliphatic carboxylic acids is 1. The van der Waals surface area contributed by atoms with E-state index >= 15 is 0 Å². The quantitative estimate of drug-likeness (QED) is 0.806. The van der Waals surface area contributed by atoms with Crippen LogP contribution in [0.2, 0.25) is 0 Å². The number of pyridine rings is 1. The summed E-state index contributed by atoms with van der Waals surface area (Å²) in [5, 5.41) is 8.52. The second kappa shape index (κ2) is 5.34. The van der Waals surface area contributed by atoms with Gasteiger partial charge in [-0.05, 0) is 32.4 Å². The summed E-state index contributed by atoms with van der Waals surface area (Å²) in [6.07, 6.45) is 2.22. The molecule has 1 N–H and O–H groups in total. The molecule has 0 fully saturated rings. The first-order chi connectivity index (χ1) is 7.09. The number of carboxylic acids is 1. The number of carbonyl (C=O) groups is 1. The lowest BCUT2D eigenvalue weighted by Crippen LogP contribution is -2.14. The van der Waals surface area contributed by atoms with Crippen LogP contribution in [0.3, 0.4) is 0 Å². The molecule has 0 bridgehead atoms. The maximum absolute atomic E-state index is 10.4. The molecule has 1 aromatic heterocycles. The van der Waals surface area contributed by atoms with Crippen LogP contribution < -0.4 is 4.74 Å². The molecule has 0 spiro atoms. The Morgan fingerprint density at radius 2 is 2.40 bits per heavy atom. The van der Waals surface area contributed by atoms with Crippen molar-refractivity contribution >= 4 is 5.97 Å². The molecule has 0 aliphatic rings. The Morgan fingerprint density at radius 1 is 1.67 bits per heavy atom. The van der Waals surface area contributed by atoms with Gasteiger partial charge >= 0.3 is 5.97 Å². The summed E-state index contributed by atoms with van der Waals surface area (Å²) in [7, 11) is 0. The Bertz CT molecular complexity index is 338. The first-order valence-corrected chi connectivity index (χ1v) is 4.89. The molecule has 15 heavy (non-hydrogen) atoms. The topological polar surface area (TPSA) is 59.4 Å². The second-order valence-corrected chi connectivity index (χ2v) is 3.45. The number of aromatic nitrogens is 1. The molecule has 1 aromatic rings. The molecule has 1 unspecified atom stereocenters. The number of hydrogen-bond acceptors (Lipinski definition) is 3. The minimum atomic E-state index is -0.798. The third-order valence-corrected chi connectivity index (χ3v) is 2.05. The number of ether oxygens (including phenoxy) is 1. The number of aryl methyl sites for hydroxylation is 1. The van der Waals surface area contributed by atoms with E-state index in [0.717, 1.165) is 11.4 Å². The Hall–Kier alpha value is -1.58. The van der Waals surface area contributed by atoms with Crippen LogP contribution in [-0.2, 0) is 4.79 Å². The second-order valence-electron chi connectivity index (χ2n) is 3.45. The average Bonchev–Trinajstić information content (AvgIpc) is 2.18. The lowest BCUT2D eigenvalue weighted by molar-refractivity contribution is -0.137. The largest absolute Gasteiger partial charge is 0.489 e. The SMILES string of the molecule is Cc1ncccc1OC(C)CCC(=O)O. The van der Waals surface area contributed by atoms with Gasteiger partial charge in [0, 0.05) is 12.6 Å². The van der Waals surface area contributed by atoms with Crippen LogP contribution in [0.15, 0.2) is 18.3 Å². The van der Waals surface area contributed by atoms with E-state index in [0.29, 0.717) is 6.42 Å². The summed E-state index contributed by atoms with van der Waals surface area (Å²) in [6, 6.07) is 3.63. The van der Waals surface area contributed by atoms with Crippen molar-refractivity contribution in [3.8, 4) is 5.75 Å². The molecule has 0 saturated heterocycles. The van der Waals surface area contributed by atoms with Crippen molar-refractivity contribution in [2.75, 3.05) is 0 Å². The lowest BCUT2D eigenvalue weighted by Gasteiger charge is -2.14. The highest BCUT2D eigenvalue weighted by atomic mass is 16.5. The van der Waals surface area contributed by atoms with Gasteiger partial charge in [0.05, 0.1) is 11.8 Å². The molecule has 1 rings (SSSR count). The fourth-order valence-corrected chi connectivity index (χ4v) is 1.20. The number of carboxylic acid groups (broad SMARTS) is 1. The van der Waals surface area contributed by atoms with E-state index in [-0.39, 0.29) is 12.5 Å². The van der Waals surface area contributed by atoms with Crippen LogP contribution in [0.25, 0.3) is 0 Å². The van der Waals surface area contributed by atoms with E-state index in [1.54, 1.807) is 12.3 Å². The third kappa shape index (κ3) is 3.97. The third-order valence-electron chi connectivity index (χ3n) is 2.05. The Balaban J connectivity index is 2.47. The normalized spacial score (nSPS) is 12.1. The molecular weight excluding hydrogens is 194 g/mol. The maximum atomic E-state index is 10.4. The van der Waals surface area contributed by atoms with Crippen molar-refractivity contribution in [2.45, 2.75) is 32.8 Å². The molecule has 0 radical (unpaired) electrons. The van der Waals surface area contributed by atoms with Crippen molar-refractivity contribution in [3.63, 3.8) is 0 Å². The van der Waals surface area contributed by atoms with E-state index in [1.165, 1.54) is 0 Å². The lowest BCUT2D eigenvalue weighted by atomic mass is 10.2. The molecule has 1 atom stereocenters. The summed E-state index contributed by atoms with van der Waals surface area (Å²) in [4.78, 5) is 14.4. The number of hydrogen-bond donors (Lipinski definition) is 1. The predicted molar refractivity (Wildman–Crippen MR) is 55.9 cm³/mol. The van der Waals surface area contributed by atoms with Gasteiger partial charge in [0.25, 0.3) is 0 Å². The average molecular weight is 209 g/mol. The van der Waals surface area contributed by atoms with Crippen LogP contribution in [0.4, 0.5) is 0 Å². The molecule has 0 aliphatic heterocycles. The number of nitrogens with zero attached hydrogens (tertiary/aromatic N) is 1. The van der Waals surface area contributed by atoms with Crippen LogP contribution in [0, 0.1) is 6.92 Å². The highest BCUT2D eigenvalue weighted by molar-refractivity contribution is 5.66. The molecule has 4 nitrogen and oxygen atoms in total. The zero-order valence-corrected chi connectivity index (χ0v) is 8.93. The van der Waals surface area contributed by atoms with Gasteiger partial charge < -0.3 is 9.84 Å². The van der Waals surface area contributed by atoms with Crippen molar-refractivity contribution in [2.24, 2.45) is 0 Å². The van der Waals surface area contributed by atoms with Gasteiger partial charge in [-0.15, -0.1) is 0 Å². The van der Waals surface area contributed by atoms with E-state index in [9.17, 15) is 4.79 Å². The molecule has 0 aliphatic carbocycles. The highest BCUT2D eigenvalue weighted by Crippen LogP contribution is 2.16. The van der Waals surface area contributed by atoms with Gasteiger partial charge in [-0.1, -0.05) is 0 Å². The van der Waals surface area contributed by atoms with Crippen LogP contribution in [0.5, 0.6) is 5.75 Å². The van der Waals surface area contributed by atoms with Gasteiger partial charge in [-0.25, -0.2) is 0 Å². The summed E-state index contributed by atoms with van der Waals surface area (Å²) in [5.74, 6) is -0.0799. The maximum Gasteiger partial charge on any atom is 0.303 e. The minimum absolute atomic E-state index is 0.107. The van der Waals surface area contributed by atoms with E-state index in [1.807, 2.05) is 19.9 Å². The van der Waals surface area contributed by atoms with Crippen molar-refractivity contribution in [1.29, 1.82) is 0 Å². The van der Waals surface area contributed by atoms with Crippen molar-refractivity contribution in [3.05, 3.63) is 24.0 Å². The van der Waals surface area contributed by atoms with Gasteiger partial charge in [0.15, 0.2) is 0 Å². The Morgan fingerprint density at radius 3 is 3.00 bits per heavy atom. The fraction of sp³-hybridized carbons (Fsp3) is 0.455. The van der Waals surface area contributed by atoms with Crippen molar-refractivity contribution in [1.82, 2.24) is 4.98 Å². The molecule has 4 heteroatoms. The zero-order chi connectivity index (χ0) is 11.3. The van der Waals surface area contributed by atoms with Crippen LogP contribution in [-0.4, -0.2) is 22.2 Å². The summed E-state index contributed by atoms with van der Waals surface area (Å²) < 4.78 is 5.57. The van der Waals surface area contributed by atoms with Crippen LogP contribution in [0.1, 0.15) is 25.5 Å². The van der Waals surface area contributed by atoms with Gasteiger partial charge in [-0.3, -0.25) is 9.78 Å². The molecule has 82 valence electrons. The highest BCUT2D eigenvalue weighted by Gasteiger charge is 2.08. The smallest absolute Gasteiger partial charge is 0.303 e. The first-order valence-electron chi connectivity index (χ1n) is 4.89. The molecular formula is C11H15NO3. The monoisotopic (exact) mass is 209 g/mol. The van der Waals surface area contributed by atoms with E-state index in [4.69, 9.17) is 9.84 Å². The Labute approximate surface area is 88.9 Å². The molecule has 0 aromatic carbocycles. The van der Waals surface area contributed by atoms with Crippen molar-refractivity contribution < 1.29 is 14.6 Å². The molecule has 1 heterocycles. The zero-order valence-electron chi connectivity index (χ0n) is 8.93. The first kappa shape index (κ1) is 11.5. The predicted octanol–water partition coefficient (Wildman–Crippen LogP) is 2.02. The summed E-state index contributed by atoms with van der Waals surface area (Å²) in [6.45, 7) is 3.72. The van der Waals surface area contributed by atoms with E-state index < -0.39 is 5.97 Å². The summed E-state index contributed by atoms with van der Waals surface area (Å²) >= 11 is 0. The van der Waals surface area contributed by atoms with E-state index in [2.05, 4.69) is 4.98 Å². The fourth-order valence-electron chi connectivity index (χ4n) is 1.20. The molecule has 0 saturated carbocycles. The van der Waals surface area contributed by atoms with Gasteiger partial charge in [0.2, 0.25) is 0 Å². The summed E-state index contributed by atoms with van der Waals surface area (Å²) in [5.41, 5.74) is 0.819. The van der Waals surface area contributed by atoms with Gasteiger partial charge in [0.1, 0.15) is 5.75 Å². The standard InChI is InChI=1S/C11H15NO3/c1-8(5-6-11(13)14)15-10-4-3-7-12-9(10)2/h3-4,7-8H,5-6H2,1-2H3,(H,13,14). The minimum Gasteiger partial charge on any atom is -0.489 e. The van der Waals surface area contributed by atoms with Gasteiger partial charge in [-0.2, -0.15) is 0 Å². The Kier molecular flexibility index (Phi) is 4.09. The van der Waals surface area contributed by atoms with Crippen LogP contribution >= 0.6 is 0 Å². The number of rotatable bonds is 5. The molecule has 0 amide bonds.